The number of benzene rings is 1. The Morgan fingerprint density at radius 3 is 2.77 bits per heavy atom. The zero-order chi connectivity index (χ0) is 18.8. The van der Waals surface area contributed by atoms with Crippen molar-refractivity contribution in [3.8, 4) is 0 Å². The van der Waals surface area contributed by atoms with Gasteiger partial charge in [0.05, 0.1) is 10.6 Å². The number of aromatic nitrogens is 2. The molecule has 0 atom stereocenters. The fourth-order valence-corrected chi connectivity index (χ4v) is 2.71. The molecular weight excluding hydrogens is 336 g/mol. The molecule has 2 aromatic heterocycles. The van der Waals surface area contributed by atoms with Gasteiger partial charge in [0, 0.05) is 30.3 Å². The van der Waals surface area contributed by atoms with Crippen LogP contribution in [0.2, 0.25) is 0 Å². The lowest BCUT2D eigenvalue weighted by molar-refractivity contribution is -0.384. The SMILES string of the molecule is CCn1c(=O)c(C(=O)Nc2cc([N+](=O)[O-])ccc2C)cc2cccnc21. The first-order valence-electron chi connectivity index (χ1n) is 7.97. The molecule has 8 nitrogen and oxygen atoms in total. The van der Waals surface area contributed by atoms with Crippen LogP contribution >= 0.6 is 0 Å². The summed E-state index contributed by atoms with van der Waals surface area (Å²) >= 11 is 0. The highest BCUT2D eigenvalue weighted by Crippen LogP contribution is 2.22. The predicted molar refractivity (Wildman–Crippen MR) is 97.5 cm³/mol. The Labute approximate surface area is 148 Å². The number of pyridine rings is 2. The van der Waals surface area contributed by atoms with E-state index in [9.17, 15) is 19.7 Å². The zero-order valence-corrected chi connectivity index (χ0v) is 14.2. The molecular formula is C18H16N4O4. The van der Waals surface area contributed by atoms with Gasteiger partial charge in [-0.25, -0.2) is 4.98 Å². The van der Waals surface area contributed by atoms with Crippen LogP contribution in [-0.4, -0.2) is 20.4 Å². The van der Waals surface area contributed by atoms with Crippen LogP contribution in [0.4, 0.5) is 11.4 Å². The summed E-state index contributed by atoms with van der Waals surface area (Å²) in [5, 5.41) is 14.2. The summed E-state index contributed by atoms with van der Waals surface area (Å²) in [4.78, 5) is 39.9. The molecule has 0 spiro atoms. The topological polar surface area (TPSA) is 107 Å². The number of nitro benzene ring substituents is 1. The maximum absolute atomic E-state index is 12.7. The number of rotatable bonds is 4. The number of aryl methyl sites for hydroxylation is 2. The van der Waals surface area contributed by atoms with Crippen LogP contribution in [-0.2, 0) is 6.54 Å². The van der Waals surface area contributed by atoms with Crippen LogP contribution < -0.4 is 10.9 Å². The van der Waals surface area contributed by atoms with E-state index in [0.29, 0.717) is 23.1 Å². The Morgan fingerprint density at radius 2 is 2.08 bits per heavy atom. The molecule has 0 fully saturated rings. The van der Waals surface area contributed by atoms with Crippen molar-refractivity contribution in [2.75, 3.05) is 5.32 Å². The molecule has 26 heavy (non-hydrogen) atoms. The Bertz CT molecular complexity index is 1090. The lowest BCUT2D eigenvalue weighted by Crippen LogP contribution is -2.29. The van der Waals surface area contributed by atoms with E-state index < -0.39 is 16.4 Å². The normalized spacial score (nSPS) is 10.7. The van der Waals surface area contributed by atoms with Crippen molar-refractivity contribution in [3.63, 3.8) is 0 Å². The highest BCUT2D eigenvalue weighted by Gasteiger charge is 2.17. The van der Waals surface area contributed by atoms with Crippen molar-refractivity contribution in [2.24, 2.45) is 0 Å². The maximum atomic E-state index is 12.7. The van der Waals surface area contributed by atoms with Crippen molar-refractivity contribution in [1.29, 1.82) is 0 Å². The summed E-state index contributed by atoms with van der Waals surface area (Å²) in [6, 6.07) is 9.15. The van der Waals surface area contributed by atoms with E-state index in [4.69, 9.17) is 0 Å². The van der Waals surface area contributed by atoms with Gasteiger partial charge in [0.25, 0.3) is 17.2 Å². The van der Waals surface area contributed by atoms with Gasteiger partial charge < -0.3 is 5.32 Å². The van der Waals surface area contributed by atoms with Gasteiger partial charge in [0.2, 0.25) is 0 Å². The zero-order valence-electron chi connectivity index (χ0n) is 14.2. The van der Waals surface area contributed by atoms with Crippen molar-refractivity contribution in [2.45, 2.75) is 20.4 Å². The molecule has 1 amide bonds. The minimum absolute atomic E-state index is 0.0433. The Hall–Kier alpha value is -3.55. The second kappa shape index (κ2) is 6.75. The largest absolute Gasteiger partial charge is 0.321 e. The fourth-order valence-electron chi connectivity index (χ4n) is 2.71. The number of hydrogen-bond acceptors (Lipinski definition) is 5. The maximum Gasteiger partial charge on any atom is 0.271 e. The average Bonchev–Trinajstić information content (AvgIpc) is 2.62. The number of hydrogen-bond donors (Lipinski definition) is 1. The number of amides is 1. The van der Waals surface area contributed by atoms with Gasteiger partial charge in [-0.15, -0.1) is 0 Å². The molecule has 0 aliphatic rings. The van der Waals surface area contributed by atoms with E-state index in [2.05, 4.69) is 10.3 Å². The molecule has 2 heterocycles. The number of carbonyl (C=O) groups is 1. The van der Waals surface area contributed by atoms with Gasteiger partial charge in [0.15, 0.2) is 0 Å². The third-order valence-corrected chi connectivity index (χ3v) is 4.09. The quantitative estimate of drug-likeness (QED) is 0.574. The van der Waals surface area contributed by atoms with E-state index in [0.717, 1.165) is 0 Å². The van der Waals surface area contributed by atoms with Crippen LogP contribution in [0.5, 0.6) is 0 Å². The third-order valence-electron chi connectivity index (χ3n) is 4.09. The van der Waals surface area contributed by atoms with E-state index in [1.165, 1.54) is 22.8 Å². The van der Waals surface area contributed by atoms with Gasteiger partial charge in [0.1, 0.15) is 11.2 Å². The fraction of sp³-hybridized carbons (Fsp3) is 0.167. The molecule has 1 aromatic carbocycles. The lowest BCUT2D eigenvalue weighted by atomic mass is 10.1. The van der Waals surface area contributed by atoms with Gasteiger partial charge in [-0.3, -0.25) is 24.3 Å². The molecule has 3 rings (SSSR count). The molecule has 0 radical (unpaired) electrons. The molecule has 3 aromatic rings. The van der Waals surface area contributed by atoms with Crippen LogP contribution in [0.3, 0.4) is 0 Å². The summed E-state index contributed by atoms with van der Waals surface area (Å²) in [5.41, 5.74) is 0.806. The summed E-state index contributed by atoms with van der Waals surface area (Å²) in [6.45, 7) is 3.87. The minimum atomic E-state index is -0.619. The second-order valence-electron chi connectivity index (χ2n) is 5.73. The van der Waals surface area contributed by atoms with Crippen molar-refractivity contribution in [1.82, 2.24) is 9.55 Å². The van der Waals surface area contributed by atoms with Gasteiger partial charge in [-0.05, 0) is 37.6 Å². The molecule has 1 N–H and O–H groups in total. The third kappa shape index (κ3) is 3.04. The minimum Gasteiger partial charge on any atom is -0.321 e. The van der Waals surface area contributed by atoms with Gasteiger partial charge >= 0.3 is 0 Å². The molecule has 8 heteroatoms. The number of non-ortho nitro benzene ring substituents is 1. The molecule has 0 saturated heterocycles. The molecule has 0 unspecified atom stereocenters. The first-order valence-corrected chi connectivity index (χ1v) is 7.97. The summed E-state index contributed by atoms with van der Waals surface area (Å²) in [6.07, 6.45) is 1.58. The molecule has 132 valence electrons. The number of anilines is 1. The highest BCUT2D eigenvalue weighted by molar-refractivity contribution is 6.06. The Balaban J connectivity index is 2.06. The first kappa shape index (κ1) is 17.3. The Morgan fingerprint density at radius 1 is 1.31 bits per heavy atom. The first-order chi connectivity index (χ1) is 12.4. The standard InChI is InChI=1S/C18H16N4O4/c1-3-21-16-12(5-4-8-19-16)9-14(18(21)24)17(23)20-15-10-13(22(25)26)7-6-11(15)2/h4-10H,3H2,1-2H3,(H,20,23). The van der Waals surface area contributed by atoms with E-state index in [1.54, 1.807) is 38.2 Å². The lowest BCUT2D eigenvalue weighted by Gasteiger charge is -2.11. The molecule has 0 aliphatic heterocycles. The predicted octanol–water partition coefficient (Wildman–Crippen LogP) is 2.89. The van der Waals surface area contributed by atoms with Crippen molar-refractivity contribution in [3.05, 3.63) is 74.2 Å². The number of carbonyl (C=O) groups excluding carboxylic acids is 1. The average molecular weight is 352 g/mol. The van der Waals surface area contributed by atoms with Crippen LogP contribution in [0.1, 0.15) is 22.8 Å². The van der Waals surface area contributed by atoms with Crippen LogP contribution in [0.25, 0.3) is 11.0 Å². The molecule has 0 aliphatic carbocycles. The van der Waals surface area contributed by atoms with E-state index in [-0.39, 0.29) is 16.9 Å². The van der Waals surface area contributed by atoms with Crippen molar-refractivity contribution < 1.29 is 9.72 Å². The summed E-state index contributed by atoms with van der Waals surface area (Å²) in [7, 11) is 0. The smallest absolute Gasteiger partial charge is 0.271 e. The molecule has 0 saturated carbocycles. The Kier molecular flexibility index (Phi) is 4.49. The van der Waals surface area contributed by atoms with E-state index >= 15 is 0 Å². The highest BCUT2D eigenvalue weighted by atomic mass is 16.6. The monoisotopic (exact) mass is 352 g/mol. The number of nitrogens with zero attached hydrogens (tertiary/aromatic N) is 3. The summed E-state index contributed by atoms with van der Waals surface area (Å²) in [5.74, 6) is -0.619. The second-order valence-corrected chi connectivity index (χ2v) is 5.73. The number of nitrogens with one attached hydrogen (secondary N) is 1. The van der Waals surface area contributed by atoms with Crippen LogP contribution in [0, 0.1) is 17.0 Å². The van der Waals surface area contributed by atoms with Crippen LogP contribution in [0.15, 0.2) is 47.4 Å². The van der Waals surface area contributed by atoms with Gasteiger partial charge in [-0.2, -0.15) is 0 Å². The van der Waals surface area contributed by atoms with Crippen molar-refractivity contribution >= 4 is 28.3 Å². The summed E-state index contributed by atoms with van der Waals surface area (Å²) < 4.78 is 1.42. The number of nitro groups is 1. The number of fused-ring (bicyclic) bond motifs is 1. The molecule has 0 bridgehead atoms. The van der Waals surface area contributed by atoms with E-state index in [1.807, 2.05) is 0 Å². The van der Waals surface area contributed by atoms with Gasteiger partial charge in [-0.1, -0.05) is 6.07 Å².